The zero-order chi connectivity index (χ0) is 22.9. The second-order valence-corrected chi connectivity index (χ2v) is 12.0. The second kappa shape index (κ2) is 9.54. The molecule has 32 heavy (non-hydrogen) atoms. The molecule has 174 valence electrons. The van der Waals surface area contributed by atoms with Crippen molar-refractivity contribution in [1.82, 2.24) is 19.2 Å². The summed E-state index contributed by atoms with van der Waals surface area (Å²) in [5.41, 5.74) is 0. The highest BCUT2D eigenvalue weighted by Gasteiger charge is 2.43. The Morgan fingerprint density at radius 1 is 1.28 bits per heavy atom. The average Bonchev–Trinajstić information content (AvgIpc) is 3.51. The fraction of sp³-hybridized carbons (Fsp3) is 0.550. The van der Waals surface area contributed by atoms with Gasteiger partial charge >= 0.3 is 6.09 Å². The van der Waals surface area contributed by atoms with E-state index in [0.29, 0.717) is 48.4 Å². The molecular weight excluding hydrogens is 470 g/mol. The molecule has 2 saturated heterocycles. The minimum atomic E-state index is -3.51. The number of carbonyl (C=O) groups is 1. The Morgan fingerprint density at radius 2 is 2.09 bits per heavy atom. The Hall–Kier alpha value is -1.89. The number of piperidine rings is 1. The van der Waals surface area contributed by atoms with Gasteiger partial charge in [0.2, 0.25) is 0 Å². The van der Waals surface area contributed by atoms with Gasteiger partial charge in [0.1, 0.15) is 10.0 Å². The number of sulfonamides is 1. The van der Waals surface area contributed by atoms with Crippen LogP contribution in [0.25, 0.3) is 0 Å². The molecule has 0 radical (unpaired) electrons. The Bertz CT molecular complexity index is 1050. The molecule has 3 unspecified atom stereocenters. The van der Waals surface area contributed by atoms with Crippen molar-refractivity contribution in [3.8, 4) is 0 Å². The maximum Gasteiger partial charge on any atom is 0.407 e. The van der Waals surface area contributed by atoms with E-state index in [1.807, 2.05) is 12.3 Å². The lowest BCUT2D eigenvalue weighted by Crippen LogP contribution is -2.54. The van der Waals surface area contributed by atoms with Crippen LogP contribution in [0.5, 0.6) is 0 Å². The number of hydrogen-bond donors (Lipinski definition) is 1. The molecule has 0 spiro atoms. The van der Waals surface area contributed by atoms with Crippen LogP contribution < -0.4 is 4.90 Å². The average molecular weight is 498 g/mol. The van der Waals surface area contributed by atoms with E-state index in [1.54, 1.807) is 35.1 Å². The Kier molecular flexibility index (Phi) is 6.94. The maximum atomic E-state index is 13.0. The lowest BCUT2D eigenvalue weighted by atomic mass is 9.80. The van der Waals surface area contributed by atoms with E-state index in [-0.39, 0.29) is 17.9 Å². The third kappa shape index (κ3) is 4.59. The topological polar surface area (TPSA) is 107 Å². The summed E-state index contributed by atoms with van der Waals surface area (Å²) in [5, 5.41) is 12.1. The maximum absolute atomic E-state index is 13.0. The number of thiophene rings is 1. The molecule has 2 aromatic rings. The Labute approximate surface area is 196 Å². The van der Waals surface area contributed by atoms with Crippen LogP contribution in [-0.4, -0.2) is 84.3 Å². The van der Waals surface area contributed by atoms with Gasteiger partial charge in [0.15, 0.2) is 5.16 Å². The van der Waals surface area contributed by atoms with Crippen LogP contribution in [-0.2, 0) is 10.0 Å². The molecule has 4 heterocycles. The zero-order valence-electron chi connectivity index (χ0n) is 18.0. The number of rotatable bonds is 6. The van der Waals surface area contributed by atoms with Gasteiger partial charge in [-0.3, -0.25) is 0 Å². The van der Waals surface area contributed by atoms with Crippen molar-refractivity contribution in [2.45, 2.75) is 28.2 Å². The normalized spacial score (nSPS) is 24.6. The van der Waals surface area contributed by atoms with Crippen molar-refractivity contribution in [1.29, 1.82) is 0 Å². The third-order valence-corrected chi connectivity index (χ3v) is 10.2. The summed E-state index contributed by atoms with van der Waals surface area (Å²) in [5.74, 6) is 0.897. The first-order valence-corrected chi connectivity index (χ1v) is 14.0. The molecule has 0 bridgehead atoms. The van der Waals surface area contributed by atoms with E-state index in [1.165, 1.54) is 28.0 Å². The summed E-state index contributed by atoms with van der Waals surface area (Å²) < 4.78 is 27.9. The molecule has 1 amide bonds. The summed E-state index contributed by atoms with van der Waals surface area (Å²) in [4.78, 5) is 24.2. The Balaban J connectivity index is 1.56. The minimum absolute atomic E-state index is 0.00100. The molecule has 2 aromatic heterocycles. The molecule has 0 saturated carbocycles. The van der Waals surface area contributed by atoms with Gasteiger partial charge in [0, 0.05) is 51.4 Å². The first-order valence-electron chi connectivity index (χ1n) is 10.4. The van der Waals surface area contributed by atoms with Gasteiger partial charge in [-0.2, -0.15) is 4.31 Å². The predicted octanol–water partition coefficient (Wildman–Crippen LogP) is 2.78. The highest BCUT2D eigenvalue weighted by atomic mass is 32.2. The fourth-order valence-electron chi connectivity index (χ4n) is 4.73. The first-order chi connectivity index (χ1) is 15.3. The summed E-state index contributed by atoms with van der Waals surface area (Å²) in [6.45, 7) is 2.18. The predicted molar refractivity (Wildman–Crippen MR) is 125 cm³/mol. The molecule has 9 nitrogen and oxygen atoms in total. The number of nitrogens with zero attached hydrogens (tertiary/aromatic N) is 5. The number of hydrogen-bond acceptors (Lipinski definition) is 8. The van der Waals surface area contributed by atoms with Crippen LogP contribution in [0.1, 0.15) is 12.8 Å². The first kappa shape index (κ1) is 23.3. The largest absolute Gasteiger partial charge is 0.465 e. The van der Waals surface area contributed by atoms with Crippen LogP contribution in [0.4, 0.5) is 10.6 Å². The second-order valence-electron chi connectivity index (χ2n) is 8.10. The molecule has 2 aliphatic heterocycles. The van der Waals surface area contributed by atoms with Crippen LogP contribution in [0.3, 0.4) is 0 Å². The van der Waals surface area contributed by atoms with Crippen molar-refractivity contribution in [3.63, 3.8) is 0 Å². The van der Waals surface area contributed by atoms with Gasteiger partial charge in [-0.25, -0.2) is 23.2 Å². The van der Waals surface area contributed by atoms with Crippen molar-refractivity contribution in [2.75, 3.05) is 44.4 Å². The van der Waals surface area contributed by atoms with Gasteiger partial charge in [0.25, 0.3) is 10.0 Å². The molecule has 1 N–H and O–H groups in total. The Morgan fingerprint density at radius 3 is 2.78 bits per heavy atom. The SMILES string of the molecule is CSc1nccc(N2CCC(N(C)C(=O)O)C(C3CCN(S(=O)(=O)c4cccs4)C3)C2)n1. The van der Waals surface area contributed by atoms with Crippen molar-refractivity contribution in [3.05, 3.63) is 29.8 Å². The summed E-state index contributed by atoms with van der Waals surface area (Å²) in [6, 6.07) is 5.09. The van der Waals surface area contributed by atoms with E-state index in [9.17, 15) is 18.3 Å². The molecule has 12 heteroatoms. The molecule has 0 aromatic carbocycles. The molecule has 0 aliphatic carbocycles. The van der Waals surface area contributed by atoms with E-state index in [0.717, 1.165) is 5.82 Å². The smallest absolute Gasteiger partial charge is 0.407 e. The number of amides is 1. The van der Waals surface area contributed by atoms with E-state index in [4.69, 9.17) is 0 Å². The van der Waals surface area contributed by atoms with Gasteiger partial charge in [0.05, 0.1) is 0 Å². The molecular formula is C20H27N5O4S3. The number of carboxylic acid groups (broad SMARTS) is 1. The number of anilines is 1. The van der Waals surface area contributed by atoms with Crippen molar-refractivity contribution < 1.29 is 18.3 Å². The molecule has 4 rings (SSSR count). The zero-order valence-corrected chi connectivity index (χ0v) is 20.4. The quantitative estimate of drug-likeness (QED) is 0.480. The molecule has 3 atom stereocenters. The van der Waals surface area contributed by atoms with Crippen LogP contribution >= 0.6 is 23.1 Å². The molecule has 2 aliphatic rings. The summed E-state index contributed by atoms with van der Waals surface area (Å²) in [6.07, 6.45) is 4.09. The molecule has 2 fully saturated rings. The minimum Gasteiger partial charge on any atom is -0.465 e. The van der Waals surface area contributed by atoms with Gasteiger partial charge in [-0.15, -0.1) is 11.3 Å². The van der Waals surface area contributed by atoms with E-state index >= 15 is 0 Å². The monoisotopic (exact) mass is 497 g/mol. The van der Waals surface area contributed by atoms with E-state index < -0.39 is 16.1 Å². The number of aromatic nitrogens is 2. The van der Waals surface area contributed by atoms with Crippen LogP contribution in [0, 0.1) is 11.8 Å². The van der Waals surface area contributed by atoms with Crippen LogP contribution in [0.15, 0.2) is 39.1 Å². The fourth-order valence-corrected chi connectivity index (χ4v) is 7.74. The van der Waals surface area contributed by atoms with E-state index in [2.05, 4.69) is 14.9 Å². The lowest BCUT2D eigenvalue weighted by molar-refractivity contribution is 0.0937. The highest BCUT2D eigenvalue weighted by Crippen LogP contribution is 2.37. The third-order valence-electron chi connectivity index (χ3n) is 6.43. The van der Waals surface area contributed by atoms with Crippen LogP contribution in [0.2, 0.25) is 0 Å². The highest BCUT2D eigenvalue weighted by molar-refractivity contribution is 7.98. The van der Waals surface area contributed by atoms with Crippen molar-refractivity contribution >= 4 is 45.0 Å². The lowest BCUT2D eigenvalue weighted by Gasteiger charge is -2.44. The van der Waals surface area contributed by atoms with Gasteiger partial charge in [-0.05, 0) is 42.5 Å². The summed E-state index contributed by atoms with van der Waals surface area (Å²) in [7, 11) is -1.90. The number of thioether (sulfide) groups is 1. The van der Waals surface area contributed by atoms with Gasteiger partial charge in [-0.1, -0.05) is 17.8 Å². The van der Waals surface area contributed by atoms with Gasteiger partial charge < -0.3 is 14.9 Å². The summed E-state index contributed by atoms with van der Waals surface area (Å²) >= 11 is 2.70. The van der Waals surface area contributed by atoms with Crippen molar-refractivity contribution in [2.24, 2.45) is 11.8 Å². The standard InChI is InChI=1S/C20H27N5O4S3/c1-23(20(26)27)16-7-9-24(17-5-8-21-19(22-17)30-2)13-15(16)14-6-10-25(12-14)32(28,29)18-4-3-11-31-18/h3-5,8,11,14-16H,6-7,9-10,12-13H2,1-2H3,(H,26,27).